The fourth-order valence-corrected chi connectivity index (χ4v) is 2.69. The maximum atomic E-state index is 11.5. The molecule has 0 amide bonds. The number of ketones is 1. The van der Waals surface area contributed by atoms with Crippen molar-refractivity contribution in [2.45, 2.75) is 39.0 Å². The van der Waals surface area contributed by atoms with Gasteiger partial charge in [-0.1, -0.05) is 45.0 Å². The molecule has 2 heteroatoms. The van der Waals surface area contributed by atoms with Crippen LogP contribution in [0.15, 0.2) is 28.7 Å². The Bertz CT molecular complexity index is 475. The topological polar surface area (TPSA) is 17.1 Å². The van der Waals surface area contributed by atoms with Gasteiger partial charge in [0.25, 0.3) is 0 Å². The molecule has 0 saturated carbocycles. The molecule has 0 N–H and O–H groups in total. The van der Waals surface area contributed by atoms with Gasteiger partial charge < -0.3 is 0 Å². The Kier molecular flexibility index (Phi) is 3.26. The van der Waals surface area contributed by atoms with Crippen molar-refractivity contribution in [1.82, 2.24) is 0 Å². The fraction of sp³-hybridized carbons (Fsp3) is 0.400. The first kappa shape index (κ1) is 12.6. The highest BCUT2D eigenvalue weighted by atomic mass is 79.9. The average molecular weight is 293 g/mol. The van der Waals surface area contributed by atoms with Gasteiger partial charge in [-0.05, 0) is 44.5 Å². The van der Waals surface area contributed by atoms with E-state index in [2.05, 4.69) is 61.0 Å². The summed E-state index contributed by atoms with van der Waals surface area (Å²) in [5.74, 6) is 0.222. The molecular weight excluding hydrogens is 276 g/mol. The largest absolute Gasteiger partial charge is 0.294 e. The smallest absolute Gasteiger partial charge is 0.170 e. The number of halogens is 1. The molecule has 0 fully saturated rings. The third kappa shape index (κ3) is 2.52. The van der Waals surface area contributed by atoms with Crippen LogP contribution in [-0.2, 0) is 10.2 Å². The van der Waals surface area contributed by atoms with Gasteiger partial charge in [0, 0.05) is 6.42 Å². The first-order valence-electron chi connectivity index (χ1n) is 5.92. The van der Waals surface area contributed by atoms with E-state index in [9.17, 15) is 4.79 Å². The number of carbonyl (C=O) groups is 1. The van der Waals surface area contributed by atoms with E-state index in [4.69, 9.17) is 0 Å². The third-order valence-electron chi connectivity index (χ3n) is 3.21. The van der Waals surface area contributed by atoms with Crippen LogP contribution in [0.3, 0.4) is 0 Å². The number of hydrogen-bond donors (Lipinski definition) is 0. The molecule has 0 aromatic heterocycles. The molecule has 0 saturated heterocycles. The van der Waals surface area contributed by atoms with Gasteiger partial charge in [0.2, 0.25) is 0 Å². The third-order valence-corrected chi connectivity index (χ3v) is 4.13. The van der Waals surface area contributed by atoms with E-state index in [1.807, 2.05) is 0 Å². The zero-order valence-corrected chi connectivity index (χ0v) is 12.1. The Balaban J connectivity index is 2.34. The molecule has 0 aliphatic heterocycles. The normalized spacial score (nSPS) is 16.8. The lowest BCUT2D eigenvalue weighted by Crippen LogP contribution is -2.10. The summed E-state index contributed by atoms with van der Waals surface area (Å²) in [6, 6.07) is 8.56. The van der Waals surface area contributed by atoms with Crippen molar-refractivity contribution < 1.29 is 4.79 Å². The van der Waals surface area contributed by atoms with Gasteiger partial charge in [0.1, 0.15) is 0 Å². The minimum atomic E-state index is 0.176. The summed E-state index contributed by atoms with van der Waals surface area (Å²) in [7, 11) is 0. The van der Waals surface area contributed by atoms with Gasteiger partial charge in [-0.15, -0.1) is 0 Å². The molecule has 1 aliphatic carbocycles. The molecular formula is C15H17BrO. The first-order chi connectivity index (χ1) is 7.89. The van der Waals surface area contributed by atoms with Crippen LogP contribution < -0.4 is 0 Å². The van der Waals surface area contributed by atoms with E-state index in [0.717, 1.165) is 22.0 Å². The first-order valence-corrected chi connectivity index (χ1v) is 6.71. The summed E-state index contributed by atoms with van der Waals surface area (Å²) in [4.78, 5) is 11.5. The van der Waals surface area contributed by atoms with Crippen molar-refractivity contribution in [2.24, 2.45) is 0 Å². The summed E-state index contributed by atoms with van der Waals surface area (Å²) < 4.78 is 0.765. The van der Waals surface area contributed by atoms with Crippen LogP contribution in [0.5, 0.6) is 0 Å². The number of allylic oxidation sites excluding steroid dienone is 2. The Hall–Kier alpha value is -0.890. The van der Waals surface area contributed by atoms with Crippen molar-refractivity contribution in [3.05, 3.63) is 39.9 Å². The molecule has 17 heavy (non-hydrogen) atoms. The SMILES string of the molecule is CC(C)(C)c1ccc(C2=C(Br)C(=O)CC2)cc1. The summed E-state index contributed by atoms with van der Waals surface area (Å²) >= 11 is 3.39. The zero-order chi connectivity index (χ0) is 12.6. The molecule has 1 aliphatic rings. The number of hydrogen-bond acceptors (Lipinski definition) is 1. The summed E-state index contributed by atoms with van der Waals surface area (Å²) in [6.45, 7) is 6.61. The molecule has 0 bridgehead atoms. The van der Waals surface area contributed by atoms with Crippen LogP contribution in [0.1, 0.15) is 44.7 Å². The summed E-state index contributed by atoms with van der Waals surface area (Å²) in [6.07, 6.45) is 1.49. The monoisotopic (exact) mass is 292 g/mol. The predicted molar refractivity (Wildman–Crippen MR) is 75.2 cm³/mol. The minimum Gasteiger partial charge on any atom is -0.294 e. The fourth-order valence-electron chi connectivity index (χ4n) is 2.07. The van der Waals surface area contributed by atoms with E-state index >= 15 is 0 Å². The van der Waals surface area contributed by atoms with Crippen molar-refractivity contribution in [3.8, 4) is 0 Å². The van der Waals surface area contributed by atoms with E-state index in [-0.39, 0.29) is 11.2 Å². The molecule has 0 spiro atoms. The summed E-state index contributed by atoms with van der Waals surface area (Å²) in [5, 5.41) is 0. The second kappa shape index (κ2) is 4.41. The lowest BCUT2D eigenvalue weighted by molar-refractivity contribution is -0.114. The van der Waals surface area contributed by atoms with Gasteiger partial charge in [0.15, 0.2) is 5.78 Å². The number of rotatable bonds is 1. The minimum absolute atomic E-state index is 0.176. The van der Waals surface area contributed by atoms with Crippen LogP contribution in [0, 0.1) is 0 Å². The molecule has 0 radical (unpaired) electrons. The Labute approximate surface area is 111 Å². The van der Waals surface area contributed by atoms with Crippen LogP contribution in [0.2, 0.25) is 0 Å². The highest BCUT2D eigenvalue weighted by Gasteiger charge is 2.22. The maximum absolute atomic E-state index is 11.5. The molecule has 90 valence electrons. The lowest BCUT2D eigenvalue weighted by atomic mass is 9.86. The highest BCUT2D eigenvalue weighted by molar-refractivity contribution is 9.12. The lowest BCUT2D eigenvalue weighted by Gasteiger charge is -2.19. The molecule has 2 rings (SSSR count). The molecule has 0 heterocycles. The zero-order valence-electron chi connectivity index (χ0n) is 10.5. The molecule has 1 aromatic carbocycles. The average Bonchev–Trinajstić information content (AvgIpc) is 2.59. The van der Waals surface area contributed by atoms with Gasteiger partial charge in [-0.25, -0.2) is 0 Å². The second-order valence-electron chi connectivity index (χ2n) is 5.54. The second-order valence-corrected chi connectivity index (χ2v) is 6.34. The standard InChI is InChI=1S/C15H17BrO/c1-15(2,3)11-6-4-10(5-7-11)12-8-9-13(17)14(12)16/h4-7H,8-9H2,1-3H3. The number of Topliss-reactive ketones (excluding diaryl/α,β-unsaturated/α-hetero) is 1. The van der Waals surface area contributed by atoms with Crippen molar-refractivity contribution >= 4 is 27.3 Å². The Morgan fingerprint density at radius 2 is 1.65 bits per heavy atom. The van der Waals surface area contributed by atoms with Crippen molar-refractivity contribution in [2.75, 3.05) is 0 Å². The van der Waals surface area contributed by atoms with Crippen LogP contribution in [0.25, 0.3) is 5.57 Å². The quantitative estimate of drug-likeness (QED) is 0.747. The van der Waals surface area contributed by atoms with Gasteiger partial charge >= 0.3 is 0 Å². The van der Waals surface area contributed by atoms with Crippen LogP contribution in [-0.4, -0.2) is 5.78 Å². The number of benzene rings is 1. The van der Waals surface area contributed by atoms with E-state index < -0.39 is 0 Å². The van der Waals surface area contributed by atoms with Gasteiger partial charge in [0.05, 0.1) is 4.48 Å². The Morgan fingerprint density at radius 3 is 2.06 bits per heavy atom. The van der Waals surface area contributed by atoms with Crippen molar-refractivity contribution in [1.29, 1.82) is 0 Å². The maximum Gasteiger partial charge on any atom is 0.170 e. The van der Waals surface area contributed by atoms with Crippen LogP contribution in [0.4, 0.5) is 0 Å². The summed E-state index contributed by atoms with van der Waals surface area (Å²) in [5.41, 5.74) is 3.81. The van der Waals surface area contributed by atoms with E-state index in [0.29, 0.717) is 6.42 Å². The van der Waals surface area contributed by atoms with E-state index in [1.54, 1.807) is 0 Å². The molecule has 0 atom stereocenters. The molecule has 1 aromatic rings. The van der Waals surface area contributed by atoms with E-state index in [1.165, 1.54) is 5.56 Å². The van der Waals surface area contributed by atoms with Gasteiger partial charge in [-0.2, -0.15) is 0 Å². The molecule has 1 nitrogen and oxygen atoms in total. The number of carbonyl (C=O) groups excluding carboxylic acids is 1. The predicted octanol–water partition coefficient (Wildman–Crippen LogP) is 4.45. The Morgan fingerprint density at radius 1 is 1.06 bits per heavy atom. The van der Waals surface area contributed by atoms with Crippen LogP contribution >= 0.6 is 15.9 Å². The highest BCUT2D eigenvalue weighted by Crippen LogP contribution is 2.35. The van der Waals surface area contributed by atoms with Gasteiger partial charge in [-0.3, -0.25) is 4.79 Å². The molecule has 0 unspecified atom stereocenters. The van der Waals surface area contributed by atoms with Crippen molar-refractivity contribution in [3.63, 3.8) is 0 Å².